The molecule has 26 heavy (non-hydrogen) atoms. The fourth-order valence-electron chi connectivity index (χ4n) is 5.91. The van der Waals surface area contributed by atoms with E-state index in [1.165, 1.54) is 13.8 Å². The van der Waals surface area contributed by atoms with Gasteiger partial charge in [0.15, 0.2) is 11.6 Å². The lowest BCUT2D eigenvalue weighted by atomic mass is 9.45. The van der Waals surface area contributed by atoms with Crippen LogP contribution in [0.15, 0.2) is 11.6 Å². The van der Waals surface area contributed by atoms with E-state index in [9.17, 15) is 24.9 Å². The van der Waals surface area contributed by atoms with Crippen LogP contribution in [0, 0.1) is 28.6 Å². The van der Waals surface area contributed by atoms with E-state index in [0.717, 1.165) is 0 Å². The molecule has 0 aromatic carbocycles. The summed E-state index contributed by atoms with van der Waals surface area (Å²) in [7, 11) is 0. The van der Waals surface area contributed by atoms with Crippen molar-refractivity contribution in [1.82, 2.24) is 0 Å². The van der Waals surface area contributed by atoms with Crippen LogP contribution in [0.3, 0.4) is 0 Å². The first-order chi connectivity index (χ1) is 15.2. The molecule has 0 saturated heterocycles. The van der Waals surface area contributed by atoms with Gasteiger partial charge >= 0.3 is 0 Å². The first kappa shape index (κ1) is 11.1. The average Bonchev–Trinajstić information content (AvgIpc) is 2.98. The fourth-order valence-corrected chi connectivity index (χ4v) is 5.91. The van der Waals surface area contributed by atoms with Crippen LogP contribution in [0.4, 0.5) is 0 Å². The van der Waals surface area contributed by atoms with Gasteiger partial charge in [-0.1, -0.05) is 19.4 Å². The summed E-state index contributed by atoms with van der Waals surface area (Å²) in [5.41, 5.74) is -6.16. The van der Waals surface area contributed by atoms with Crippen LogP contribution in [0.1, 0.15) is 69.6 Å². The number of carbonyl (C=O) groups is 2. The maximum Gasteiger partial charge on any atom is 0.190 e. The van der Waals surface area contributed by atoms with Gasteiger partial charge in [0.05, 0.1) is 6.10 Å². The number of Topliss-reactive ketones (excluding diaryl/α,β-unsaturated/α-hetero) is 1. The maximum absolute atomic E-state index is 12.6. The molecule has 0 radical (unpaired) electrons. The van der Waals surface area contributed by atoms with E-state index in [0.29, 0.717) is 6.08 Å². The van der Waals surface area contributed by atoms with Crippen LogP contribution in [0.25, 0.3) is 0 Å². The Morgan fingerprint density at radius 1 is 1.38 bits per heavy atom. The van der Waals surface area contributed by atoms with Crippen LogP contribution in [0.2, 0.25) is 0 Å². The van der Waals surface area contributed by atoms with E-state index < -0.39 is 89.5 Å². The third-order valence-corrected chi connectivity index (χ3v) is 7.37. The van der Waals surface area contributed by atoms with Crippen molar-refractivity contribution in [2.24, 2.45) is 28.6 Å². The van der Waals surface area contributed by atoms with Crippen molar-refractivity contribution in [1.29, 1.82) is 0 Å². The Labute approximate surface area is 165 Å². The Bertz CT molecular complexity index is 996. The maximum atomic E-state index is 12.6. The van der Waals surface area contributed by atoms with E-state index in [-0.39, 0.29) is 19.3 Å². The zero-order chi connectivity index (χ0) is 26.1. The second kappa shape index (κ2) is 5.73. The predicted octanol–water partition coefficient (Wildman–Crippen LogP) is 1.78. The molecule has 0 aromatic heterocycles. The molecule has 144 valence electrons. The van der Waals surface area contributed by atoms with E-state index in [1.807, 2.05) is 0 Å². The van der Waals surface area contributed by atoms with E-state index in [2.05, 4.69) is 0 Å². The Morgan fingerprint density at radius 2 is 2.12 bits per heavy atom. The third kappa shape index (κ3) is 2.14. The Kier molecular flexibility index (Phi) is 2.44. The van der Waals surface area contributed by atoms with Crippen molar-refractivity contribution >= 4 is 11.6 Å². The number of allylic oxidation sites excluding steroid dienone is 1. The van der Waals surface area contributed by atoms with Gasteiger partial charge in [-0.05, 0) is 67.6 Å². The molecule has 0 amide bonds. The highest BCUT2D eigenvalue weighted by Gasteiger charge is 2.68. The lowest BCUT2D eigenvalue weighted by Gasteiger charge is -2.60. The Hall–Kier alpha value is -1.04. The average molecular weight is 379 g/mol. The number of fused-ring (bicyclic) bond motifs is 5. The van der Waals surface area contributed by atoms with Crippen LogP contribution < -0.4 is 0 Å². The van der Waals surface area contributed by atoms with Crippen LogP contribution >= 0.6 is 0 Å². The van der Waals surface area contributed by atoms with Crippen molar-refractivity contribution in [3.8, 4) is 0 Å². The number of hydrogen-bond acceptors (Lipinski definition) is 5. The molecular weight excluding hydrogens is 332 g/mol. The van der Waals surface area contributed by atoms with E-state index in [4.69, 9.17) is 11.0 Å². The van der Waals surface area contributed by atoms with Crippen molar-refractivity contribution < 1.29 is 35.9 Å². The summed E-state index contributed by atoms with van der Waals surface area (Å²) >= 11 is 0. The first-order valence-corrected chi connectivity index (χ1v) is 9.03. The summed E-state index contributed by atoms with van der Waals surface area (Å²) in [6.45, 7) is 1.77. The summed E-state index contributed by atoms with van der Waals surface area (Å²) in [5.74, 6) is -5.84. The van der Waals surface area contributed by atoms with E-state index in [1.54, 1.807) is 0 Å². The lowest BCUT2D eigenvalue weighted by molar-refractivity contribution is -0.182. The van der Waals surface area contributed by atoms with Gasteiger partial charge in [0.2, 0.25) is 0 Å². The van der Waals surface area contributed by atoms with Gasteiger partial charge in [-0.25, -0.2) is 0 Å². The summed E-state index contributed by atoms with van der Waals surface area (Å²) in [6, 6.07) is 0. The lowest BCUT2D eigenvalue weighted by Crippen LogP contribution is -2.62. The Balaban J connectivity index is 2.01. The number of rotatable bonds is 2. The second-order valence-corrected chi connectivity index (χ2v) is 8.47. The molecule has 7 atom stereocenters. The number of carbonyl (C=O) groups excluding carboxylic acids is 2. The number of hydrogen-bond donors (Lipinski definition) is 3. The number of aliphatic hydroxyl groups excluding tert-OH is 2. The van der Waals surface area contributed by atoms with Crippen molar-refractivity contribution in [2.75, 3.05) is 6.61 Å². The molecule has 0 bridgehead atoms. The summed E-state index contributed by atoms with van der Waals surface area (Å²) in [5, 5.41) is 32.2. The molecule has 5 nitrogen and oxygen atoms in total. The highest BCUT2D eigenvalue weighted by atomic mass is 16.3. The van der Waals surface area contributed by atoms with Crippen LogP contribution in [-0.2, 0) is 9.59 Å². The minimum absolute atomic E-state index is 0.0617. The van der Waals surface area contributed by atoms with Gasteiger partial charge in [0.1, 0.15) is 12.2 Å². The molecule has 5 heteroatoms. The fraction of sp³-hybridized carbons (Fsp3) is 0.810. The molecule has 0 heterocycles. The molecule has 3 saturated carbocycles. The molecule has 0 aliphatic heterocycles. The highest BCUT2D eigenvalue weighted by Crippen LogP contribution is 2.67. The predicted molar refractivity (Wildman–Crippen MR) is 95.1 cm³/mol. The smallest absolute Gasteiger partial charge is 0.190 e. The minimum Gasteiger partial charge on any atom is -0.393 e. The molecular formula is C21H30O5. The van der Waals surface area contributed by atoms with Crippen molar-refractivity contribution in [3.63, 3.8) is 0 Å². The van der Waals surface area contributed by atoms with Gasteiger partial charge < -0.3 is 15.3 Å². The number of ketones is 2. The van der Waals surface area contributed by atoms with Crippen molar-refractivity contribution in [2.45, 2.75) is 70.3 Å². The zero-order valence-corrected chi connectivity index (χ0v) is 14.9. The van der Waals surface area contributed by atoms with Gasteiger partial charge in [-0.15, -0.1) is 0 Å². The summed E-state index contributed by atoms with van der Waals surface area (Å²) < 4.78 is 69.0. The first-order valence-electron chi connectivity index (χ1n) is 13.0. The van der Waals surface area contributed by atoms with E-state index >= 15 is 0 Å². The summed E-state index contributed by atoms with van der Waals surface area (Å²) in [6.07, 6.45) is -13.0. The molecule has 4 aliphatic carbocycles. The minimum atomic E-state index is -3.06. The number of aliphatic hydroxyl groups is 3. The SMILES string of the molecule is [3H]C1([3H])C2=CC(=O)C([3H])([3H])C([3H])([3H])[C@]2(C)[C@@H]2[C@H]([C@@H]3CC[C@](O)(C(=O)CO)[C@@]3(C)C[C@@H]2O)C1([3H])[3H]. The normalized spacial score (nSPS) is 62.8. The molecule has 0 aromatic rings. The molecule has 4 aliphatic rings. The monoisotopic (exact) mass is 378 g/mol. The Morgan fingerprint density at radius 3 is 2.81 bits per heavy atom. The van der Waals surface area contributed by atoms with Gasteiger partial charge in [-0.2, -0.15) is 0 Å². The van der Waals surface area contributed by atoms with Gasteiger partial charge in [0.25, 0.3) is 0 Å². The standard InChI is InChI=1S/C21H30O5/c1-19-7-5-13(23)9-12(19)3-4-14-15-6-8-21(26,17(25)11-22)20(15,2)10-16(24)18(14)19/h9,14-16,18,22,24,26H,3-8,10-11H2,1-2H3/t14-,15-,16-,18+,19-,20-,21-/m0/s1/i3T2,4T2,5T2,7T2. The summed E-state index contributed by atoms with van der Waals surface area (Å²) in [4.78, 5) is 25.1. The molecule has 0 unspecified atom stereocenters. The largest absolute Gasteiger partial charge is 0.393 e. The third-order valence-electron chi connectivity index (χ3n) is 7.37. The van der Waals surface area contributed by atoms with Crippen molar-refractivity contribution in [3.05, 3.63) is 11.6 Å². The van der Waals surface area contributed by atoms with Gasteiger partial charge in [-0.3, -0.25) is 9.59 Å². The quantitative estimate of drug-likeness (QED) is 0.681. The van der Waals surface area contributed by atoms with Crippen LogP contribution in [0.5, 0.6) is 0 Å². The van der Waals surface area contributed by atoms with Gasteiger partial charge in [0, 0.05) is 22.8 Å². The molecule has 3 N–H and O–H groups in total. The molecule has 0 spiro atoms. The molecule has 3 fully saturated rings. The highest BCUT2D eigenvalue weighted by molar-refractivity contribution is 5.91. The molecule has 4 rings (SSSR count). The topological polar surface area (TPSA) is 94.8 Å². The zero-order valence-electron chi connectivity index (χ0n) is 22.9. The van der Waals surface area contributed by atoms with Crippen LogP contribution in [-0.4, -0.2) is 45.2 Å². The second-order valence-electron chi connectivity index (χ2n) is 8.47.